The maximum absolute atomic E-state index is 9.63. The van der Waals surface area contributed by atoms with Crippen molar-refractivity contribution in [3.8, 4) is 0 Å². The summed E-state index contributed by atoms with van der Waals surface area (Å²) in [6, 6.07) is 0.156. The first-order valence-electron chi connectivity index (χ1n) is 5.77. The molecule has 0 saturated carbocycles. The Bertz CT molecular complexity index is 170. The lowest BCUT2D eigenvalue weighted by molar-refractivity contribution is 0.0129. The number of ether oxygens (including phenoxy) is 2. The summed E-state index contributed by atoms with van der Waals surface area (Å²) in [6.07, 6.45) is 1.43. The van der Waals surface area contributed by atoms with Gasteiger partial charge in [-0.25, -0.2) is 0 Å². The highest BCUT2D eigenvalue weighted by Gasteiger charge is 2.15. The number of hydrogen-bond acceptors (Lipinski definition) is 6. The highest BCUT2D eigenvalue weighted by atomic mass is 32.2. The molecule has 0 aromatic carbocycles. The first-order chi connectivity index (χ1) is 8.15. The number of thioether (sulfide) groups is 1. The Labute approximate surface area is 108 Å². The van der Waals surface area contributed by atoms with Gasteiger partial charge in [0.2, 0.25) is 0 Å². The van der Waals surface area contributed by atoms with Crippen LogP contribution in [0.15, 0.2) is 0 Å². The number of aliphatic hydroxyl groups is 2. The number of nitrogens with one attached hydrogen (secondary N) is 1. The topological polar surface area (TPSA) is 71.0 Å². The third kappa shape index (κ3) is 8.82. The Hall–Kier alpha value is 0.150. The van der Waals surface area contributed by atoms with E-state index >= 15 is 0 Å². The van der Waals surface area contributed by atoms with Crippen molar-refractivity contribution in [1.82, 2.24) is 5.32 Å². The quantitative estimate of drug-likeness (QED) is 0.447. The van der Waals surface area contributed by atoms with Gasteiger partial charge in [0.15, 0.2) is 0 Å². The summed E-state index contributed by atoms with van der Waals surface area (Å²) in [5, 5.41) is 22.1. The fraction of sp³-hybridized carbons (Fsp3) is 1.00. The standard InChI is InChI=1S/C11H25NO4S/c1-9(11(7-13)17-3)12-6-10(14)8-16-5-4-15-2/h9-14H,4-8H2,1-3H3. The number of rotatable bonds is 11. The van der Waals surface area contributed by atoms with Crippen LogP contribution in [0.3, 0.4) is 0 Å². The average molecular weight is 267 g/mol. The van der Waals surface area contributed by atoms with Gasteiger partial charge >= 0.3 is 0 Å². The van der Waals surface area contributed by atoms with Gasteiger partial charge < -0.3 is 25.0 Å². The molecule has 3 N–H and O–H groups in total. The van der Waals surface area contributed by atoms with Crippen molar-refractivity contribution in [1.29, 1.82) is 0 Å². The van der Waals surface area contributed by atoms with Crippen LogP contribution in [0.1, 0.15) is 6.92 Å². The summed E-state index contributed by atoms with van der Waals surface area (Å²) < 4.78 is 10.0. The zero-order chi connectivity index (χ0) is 13.1. The van der Waals surface area contributed by atoms with Crippen LogP contribution in [0.4, 0.5) is 0 Å². The van der Waals surface area contributed by atoms with E-state index in [0.29, 0.717) is 26.4 Å². The SMILES string of the molecule is COCCOCC(O)CNC(C)C(CO)SC. The van der Waals surface area contributed by atoms with Gasteiger partial charge in [0.05, 0.1) is 32.5 Å². The molecule has 0 aliphatic rings. The summed E-state index contributed by atoms with van der Waals surface area (Å²) in [5.41, 5.74) is 0. The molecule has 0 aromatic rings. The van der Waals surface area contributed by atoms with Crippen molar-refractivity contribution in [2.45, 2.75) is 24.3 Å². The molecule has 0 radical (unpaired) electrons. The lowest BCUT2D eigenvalue weighted by Gasteiger charge is -2.22. The Balaban J connectivity index is 3.57. The van der Waals surface area contributed by atoms with E-state index in [4.69, 9.17) is 14.6 Å². The van der Waals surface area contributed by atoms with Gasteiger partial charge in [0.1, 0.15) is 0 Å². The fourth-order valence-electron chi connectivity index (χ4n) is 1.31. The lowest BCUT2D eigenvalue weighted by atomic mass is 10.2. The van der Waals surface area contributed by atoms with Crippen molar-refractivity contribution in [3.63, 3.8) is 0 Å². The van der Waals surface area contributed by atoms with Crippen LogP contribution >= 0.6 is 11.8 Å². The molecule has 0 saturated heterocycles. The van der Waals surface area contributed by atoms with Gasteiger partial charge in [-0.15, -0.1) is 0 Å². The maximum atomic E-state index is 9.63. The van der Waals surface area contributed by atoms with Gasteiger partial charge in [-0.05, 0) is 13.2 Å². The Morgan fingerprint density at radius 3 is 2.59 bits per heavy atom. The van der Waals surface area contributed by atoms with E-state index in [0.717, 1.165) is 0 Å². The summed E-state index contributed by atoms with van der Waals surface area (Å²) in [6.45, 7) is 3.92. The van der Waals surface area contributed by atoms with Crippen LogP contribution in [0.5, 0.6) is 0 Å². The minimum Gasteiger partial charge on any atom is -0.395 e. The van der Waals surface area contributed by atoms with Gasteiger partial charge in [0.25, 0.3) is 0 Å². The monoisotopic (exact) mass is 267 g/mol. The molecule has 0 heterocycles. The normalized spacial score (nSPS) is 16.8. The molecular formula is C11H25NO4S. The molecule has 0 aliphatic carbocycles. The van der Waals surface area contributed by atoms with E-state index in [-0.39, 0.29) is 17.9 Å². The smallest absolute Gasteiger partial charge is 0.0897 e. The van der Waals surface area contributed by atoms with E-state index in [1.165, 1.54) is 0 Å². The number of aliphatic hydroxyl groups excluding tert-OH is 2. The molecule has 6 heteroatoms. The van der Waals surface area contributed by atoms with Crippen molar-refractivity contribution < 1.29 is 19.7 Å². The largest absolute Gasteiger partial charge is 0.395 e. The molecule has 0 rings (SSSR count). The summed E-state index contributed by atoms with van der Waals surface area (Å²) in [4.78, 5) is 0. The van der Waals surface area contributed by atoms with Crippen molar-refractivity contribution >= 4 is 11.8 Å². The predicted octanol–water partition coefficient (Wildman–Crippen LogP) is -0.288. The lowest BCUT2D eigenvalue weighted by Crippen LogP contribution is -2.42. The zero-order valence-corrected chi connectivity index (χ0v) is 11.7. The van der Waals surface area contributed by atoms with Crippen molar-refractivity contribution in [3.05, 3.63) is 0 Å². The van der Waals surface area contributed by atoms with Crippen molar-refractivity contribution in [2.24, 2.45) is 0 Å². The molecule has 0 aromatic heterocycles. The third-order valence-corrected chi connectivity index (χ3v) is 3.62. The Morgan fingerprint density at radius 2 is 2.06 bits per heavy atom. The molecule has 0 spiro atoms. The van der Waals surface area contributed by atoms with E-state index < -0.39 is 6.10 Å². The van der Waals surface area contributed by atoms with E-state index in [9.17, 15) is 5.11 Å². The van der Waals surface area contributed by atoms with Crippen LogP contribution in [0.2, 0.25) is 0 Å². The van der Waals surface area contributed by atoms with Gasteiger partial charge in [-0.2, -0.15) is 11.8 Å². The van der Waals surface area contributed by atoms with E-state index in [1.807, 2.05) is 13.2 Å². The zero-order valence-electron chi connectivity index (χ0n) is 10.9. The molecule has 0 amide bonds. The van der Waals surface area contributed by atoms with Crippen LogP contribution in [0, 0.1) is 0 Å². The predicted molar refractivity (Wildman–Crippen MR) is 70.6 cm³/mol. The minimum absolute atomic E-state index is 0.135. The van der Waals surface area contributed by atoms with Crippen LogP contribution < -0.4 is 5.32 Å². The Morgan fingerprint density at radius 1 is 1.35 bits per heavy atom. The molecule has 104 valence electrons. The molecule has 0 bridgehead atoms. The molecule has 0 fully saturated rings. The second kappa shape index (κ2) is 11.3. The summed E-state index contributed by atoms with van der Waals surface area (Å²) in [5.74, 6) is 0. The molecule has 3 atom stereocenters. The number of hydrogen-bond donors (Lipinski definition) is 3. The van der Waals surface area contributed by atoms with E-state index in [2.05, 4.69) is 5.32 Å². The number of methoxy groups -OCH3 is 1. The van der Waals surface area contributed by atoms with Gasteiger partial charge in [0, 0.05) is 24.9 Å². The average Bonchev–Trinajstić information content (AvgIpc) is 2.33. The summed E-state index contributed by atoms with van der Waals surface area (Å²) >= 11 is 1.61. The minimum atomic E-state index is -0.532. The molecule has 17 heavy (non-hydrogen) atoms. The first kappa shape index (κ1) is 17.2. The highest BCUT2D eigenvalue weighted by molar-refractivity contribution is 7.99. The van der Waals surface area contributed by atoms with Crippen LogP contribution in [-0.2, 0) is 9.47 Å². The van der Waals surface area contributed by atoms with E-state index in [1.54, 1.807) is 18.9 Å². The molecule has 5 nitrogen and oxygen atoms in total. The van der Waals surface area contributed by atoms with Gasteiger partial charge in [-0.1, -0.05) is 0 Å². The van der Waals surface area contributed by atoms with Crippen LogP contribution in [-0.4, -0.2) is 73.9 Å². The molecular weight excluding hydrogens is 242 g/mol. The maximum Gasteiger partial charge on any atom is 0.0897 e. The fourth-order valence-corrected chi connectivity index (χ4v) is 1.96. The first-order valence-corrected chi connectivity index (χ1v) is 7.06. The second-order valence-corrected chi connectivity index (χ2v) is 4.95. The highest BCUT2D eigenvalue weighted by Crippen LogP contribution is 2.09. The second-order valence-electron chi connectivity index (χ2n) is 3.88. The Kier molecular flexibility index (Phi) is 11.4. The molecule has 3 unspecified atom stereocenters. The van der Waals surface area contributed by atoms with Gasteiger partial charge in [-0.3, -0.25) is 0 Å². The molecule has 0 aliphatic heterocycles. The summed E-state index contributed by atoms with van der Waals surface area (Å²) in [7, 11) is 1.61. The third-order valence-electron chi connectivity index (χ3n) is 2.46. The van der Waals surface area contributed by atoms with Crippen LogP contribution in [0.25, 0.3) is 0 Å². The van der Waals surface area contributed by atoms with Crippen molar-refractivity contribution in [2.75, 3.05) is 46.3 Å².